The van der Waals surface area contributed by atoms with E-state index in [4.69, 9.17) is 0 Å². The van der Waals surface area contributed by atoms with Crippen molar-refractivity contribution < 1.29 is 4.79 Å². The predicted octanol–water partition coefficient (Wildman–Crippen LogP) is 2.30. The second-order valence-corrected chi connectivity index (χ2v) is 7.80. The van der Waals surface area contributed by atoms with Gasteiger partial charge in [0.25, 0.3) is 11.5 Å². The number of piperidine rings is 1. The molecule has 1 aliphatic heterocycles. The maximum absolute atomic E-state index is 13.0. The molecule has 0 spiro atoms. The van der Waals surface area contributed by atoms with E-state index in [1.807, 2.05) is 17.2 Å². The zero-order valence-corrected chi connectivity index (χ0v) is 16.5. The molecule has 0 aliphatic carbocycles. The van der Waals surface area contributed by atoms with Crippen LogP contribution in [0, 0.1) is 5.92 Å². The zero-order valence-electron chi connectivity index (χ0n) is 16.5. The van der Waals surface area contributed by atoms with Crippen molar-refractivity contribution in [1.29, 1.82) is 0 Å². The largest absolute Gasteiger partial charge is 0.338 e. The summed E-state index contributed by atoms with van der Waals surface area (Å²) in [6.07, 6.45) is 7.05. The molecule has 7 heteroatoms. The number of nitrogens with zero attached hydrogens (tertiary/aromatic N) is 4. The molecule has 1 amide bonds. The van der Waals surface area contributed by atoms with Crippen LogP contribution in [0.1, 0.15) is 28.8 Å². The van der Waals surface area contributed by atoms with Gasteiger partial charge in [0, 0.05) is 44.1 Å². The molecule has 3 heterocycles. The Morgan fingerprint density at radius 2 is 2.21 bits per heavy atom. The second kappa shape index (κ2) is 8.53. The van der Waals surface area contributed by atoms with E-state index in [0.717, 1.165) is 39.0 Å². The number of nitrogens with one attached hydrogen (secondary N) is 1. The van der Waals surface area contributed by atoms with Gasteiger partial charge in [-0.05, 0) is 55.6 Å². The van der Waals surface area contributed by atoms with E-state index in [1.165, 1.54) is 11.8 Å². The molecule has 1 unspecified atom stereocenters. The third-order valence-electron chi connectivity index (χ3n) is 5.37. The van der Waals surface area contributed by atoms with Gasteiger partial charge >= 0.3 is 0 Å². The van der Waals surface area contributed by atoms with E-state index in [0.29, 0.717) is 22.5 Å². The Morgan fingerprint density at radius 1 is 1.31 bits per heavy atom. The van der Waals surface area contributed by atoms with Crippen LogP contribution in [0.25, 0.3) is 11.0 Å². The molecular weight excluding hydrogens is 366 g/mol. The highest BCUT2D eigenvalue weighted by atomic mass is 16.2. The van der Waals surface area contributed by atoms with Crippen molar-refractivity contribution in [2.45, 2.75) is 19.4 Å². The van der Waals surface area contributed by atoms with Crippen molar-refractivity contribution in [2.24, 2.45) is 5.92 Å². The van der Waals surface area contributed by atoms with Crippen LogP contribution in [0.3, 0.4) is 0 Å². The monoisotopic (exact) mass is 391 g/mol. The number of benzene rings is 1. The molecule has 0 saturated carbocycles. The molecule has 0 bridgehead atoms. The Labute approximate surface area is 169 Å². The fourth-order valence-corrected chi connectivity index (χ4v) is 4.06. The SMILES string of the molecule is CN(Cc1cccnc1)CC1CCCN(C(=O)c2ccc3ncc(=O)[nH]c3c2)C1. The van der Waals surface area contributed by atoms with Gasteiger partial charge in [0.2, 0.25) is 0 Å². The number of carbonyl (C=O) groups excluding carboxylic acids is 1. The fraction of sp³-hybridized carbons (Fsp3) is 0.364. The number of fused-ring (bicyclic) bond motifs is 1. The lowest BCUT2D eigenvalue weighted by atomic mass is 9.96. The third-order valence-corrected chi connectivity index (χ3v) is 5.37. The average Bonchev–Trinajstić information content (AvgIpc) is 2.73. The first-order chi connectivity index (χ1) is 14.1. The Kier molecular flexibility index (Phi) is 5.67. The number of likely N-dealkylation sites (tertiary alicyclic amines) is 1. The van der Waals surface area contributed by atoms with Gasteiger partial charge in [-0.3, -0.25) is 14.6 Å². The molecule has 0 radical (unpaired) electrons. The number of carbonyl (C=O) groups is 1. The first-order valence-corrected chi connectivity index (χ1v) is 9.94. The summed E-state index contributed by atoms with van der Waals surface area (Å²) in [7, 11) is 2.11. The van der Waals surface area contributed by atoms with E-state index >= 15 is 0 Å². The van der Waals surface area contributed by atoms with Crippen LogP contribution in [-0.4, -0.2) is 57.3 Å². The number of H-pyrrole nitrogens is 1. The normalized spacial score (nSPS) is 17.0. The van der Waals surface area contributed by atoms with Gasteiger partial charge in [-0.15, -0.1) is 0 Å². The van der Waals surface area contributed by atoms with Gasteiger partial charge in [0.15, 0.2) is 0 Å². The molecule has 1 saturated heterocycles. The van der Waals surface area contributed by atoms with Gasteiger partial charge in [0.05, 0.1) is 17.2 Å². The van der Waals surface area contributed by atoms with Crippen molar-refractivity contribution in [3.63, 3.8) is 0 Å². The standard InChI is InChI=1S/C22H25N5O2/c1-26(13-16-4-2-8-23-11-16)14-17-5-3-9-27(15-17)22(29)18-6-7-19-20(10-18)25-21(28)12-24-19/h2,4,6-8,10-12,17H,3,5,9,13-15H2,1H3,(H,25,28). The van der Waals surface area contributed by atoms with Crippen LogP contribution in [-0.2, 0) is 6.54 Å². The minimum Gasteiger partial charge on any atom is -0.338 e. The number of rotatable bonds is 5. The van der Waals surface area contributed by atoms with Gasteiger partial charge in [-0.2, -0.15) is 0 Å². The van der Waals surface area contributed by atoms with E-state index in [1.54, 1.807) is 24.4 Å². The summed E-state index contributed by atoms with van der Waals surface area (Å²) in [5.41, 5.74) is 2.78. The molecule has 150 valence electrons. The predicted molar refractivity (Wildman–Crippen MR) is 112 cm³/mol. The number of pyridine rings is 1. The number of aromatic amines is 1. The molecule has 29 heavy (non-hydrogen) atoms. The summed E-state index contributed by atoms with van der Waals surface area (Å²) >= 11 is 0. The lowest BCUT2D eigenvalue weighted by Gasteiger charge is -2.35. The number of hydrogen-bond donors (Lipinski definition) is 1. The van der Waals surface area contributed by atoms with Gasteiger partial charge in [-0.25, -0.2) is 4.98 Å². The van der Waals surface area contributed by atoms with Crippen molar-refractivity contribution in [3.8, 4) is 0 Å². The molecule has 2 aromatic heterocycles. The summed E-state index contributed by atoms with van der Waals surface area (Å²) in [6, 6.07) is 9.33. The maximum atomic E-state index is 13.0. The average molecular weight is 391 g/mol. The van der Waals surface area contributed by atoms with Gasteiger partial charge in [0.1, 0.15) is 0 Å². The summed E-state index contributed by atoms with van der Waals surface area (Å²) < 4.78 is 0. The highest BCUT2D eigenvalue weighted by Crippen LogP contribution is 2.21. The smallest absolute Gasteiger partial charge is 0.266 e. The summed E-state index contributed by atoms with van der Waals surface area (Å²) in [5, 5.41) is 0. The van der Waals surface area contributed by atoms with Crippen molar-refractivity contribution in [1.82, 2.24) is 24.8 Å². The van der Waals surface area contributed by atoms with Crippen LogP contribution in [0.4, 0.5) is 0 Å². The quantitative estimate of drug-likeness (QED) is 0.722. The van der Waals surface area contributed by atoms with E-state index in [9.17, 15) is 9.59 Å². The van der Waals surface area contributed by atoms with Crippen LogP contribution >= 0.6 is 0 Å². The Balaban J connectivity index is 1.41. The van der Waals surface area contributed by atoms with Crippen LogP contribution in [0.5, 0.6) is 0 Å². The van der Waals surface area contributed by atoms with Crippen LogP contribution in [0.15, 0.2) is 53.7 Å². The van der Waals surface area contributed by atoms with E-state index < -0.39 is 0 Å². The van der Waals surface area contributed by atoms with Crippen LogP contribution in [0.2, 0.25) is 0 Å². The molecule has 1 fully saturated rings. The van der Waals surface area contributed by atoms with Crippen molar-refractivity contribution >= 4 is 16.9 Å². The molecule has 1 aromatic carbocycles. The van der Waals surface area contributed by atoms with Crippen LogP contribution < -0.4 is 5.56 Å². The molecular formula is C22H25N5O2. The number of aromatic nitrogens is 3. The third kappa shape index (κ3) is 4.68. The van der Waals surface area contributed by atoms with Gasteiger partial charge in [-0.1, -0.05) is 6.07 Å². The molecule has 4 rings (SSSR count). The fourth-order valence-electron chi connectivity index (χ4n) is 4.06. The second-order valence-electron chi connectivity index (χ2n) is 7.80. The highest BCUT2D eigenvalue weighted by molar-refractivity contribution is 5.97. The van der Waals surface area contributed by atoms with Gasteiger partial charge < -0.3 is 14.8 Å². The first kappa shape index (κ1) is 19.3. The summed E-state index contributed by atoms with van der Waals surface area (Å²) in [5.74, 6) is 0.451. The molecule has 1 atom stereocenters. The summed E-state index contributed by atoms with van der Waals surface area (Å²) in [6.45, 7) is 3.30. The van der Waals surface area contributed by atoms with E-state index in [-0.39, 0.29) is 11.5 Å². The molecule has 3 aromatic rings. The minimum atomic E-state index is -0.267. The zero-order chi connectivity index (χ0) is 20.2. The lowest BCUT2D eigenvalue weighted by Crippen LogP contribution is -2.43. The Morgan fingerprint density at radius 3 is 3.03 bits per heavy atom. The summed E-state index contributed by atoms with van der Waals surface area (Å²) in [4.78, 5) is 39.8. The number of amides is 1. The van der Waals surface area contributed by atoms with E-state index in [2.05, 4.69) is 33.0 Å². The minimum absolute atomic E-state index is 0.0104. The Hall–Kier alpha value is -3.06. The van der Waals surface area contributed by atoms with Crippen molar-refractivity contribution in [2.75, 3.05) is 26.7 Å². The van der Waals surface area contributed by atoms with Crippen molar-refractivity contribution in [3.05, 3.63) is 70.4 Å². The lowest BCUT2D eigenvalue weighted by molar-refractivity contribution is 0.0646. The maximum Gasteiger partial charge on any atom is 0.266 e. The first-order valence-electron chi connectivity index (χ1n) is 9.94. The highest BCUT2D eigenvalue weighted by Gasteiger charge is 2.25. The number of hydrogen-bond acceptors (Lipinski definition) is 5. The molecule has 7 nitrogen and oxygen atoms in total. The Bertz CT molecular complexity index is 1050. The molecule has 1 aliphatic rings. The molecule has 1 N–H and O–H groups in total. The topological polar surface area (TPSA) is 82.2 Å².